The maximum absolute atomic E-state index is 11.8. The van der Waals surface area contributed by atoms with Crippen LogP contribution in [0.2, 0.25) is 5.02 Å². The largest absolute Gasteiger partial charge is 0.357 e. The lowest BCUT2D eigenvalue weighted by atomic mass is 9.85. The van der Waals surface area contributed by atoms with E-state index in [1.807, 2.05) is 12.1 Å². The van der Waals surface area contributed by atoms with Crippen LogP contribution in [0.1, 0.15) is 39.0 Å². The van der Waals surface area contributed by atoms with Gasteiger partial charge in [0.2, 0.25) is 5.91 Å². The molecular formula is C20H31ClN6O. The number of aromatic nitrogens is 1. The van der Waals surface area contributed by atoms with E-state index in [9.17, 15) is 4.79 Å². The van der Waals surface area contributed by atoms with Crippen molar-refractivity contribution in [2.24, 2.45) is 10.9 Å². The number of anilines is 1. The van der Waals surface area contributed by atoms with Gasteiger partial charge in [-0.1, -0.05) is 18.0 Å². The van der Waals surface area contributed by atoms with E-state index in [1.165, 1.54) is 6.42 Å². The molecule has 1 saturated heterocycles. The Hall–Kier alpha value is -2.02. The second-order valence-electron chi connectivity index (χ2n) is 7.42. The number of nitrogens with zero attached hydrogens (tertiary/aromatic N) is 3. The van der Waals surface area contributed by atoms with Gasteiger partial charge in [-0.3, -0.25) is 9.79 Å². The van der Waals surface area contributed by atoms with Crippen molar-refractivity contribution in [2.75, 3.05) is 37.6 Å². The number of nitrogens with one attached hydrogen (secondary N) is 3. The lowest BCUT2D eigenvalue weighted by Gasteiger charge is -2.23. The maximum Gasteiger partial charge on any atom is 0.223 e. The molecule has 1 aliphatic heterocycles. The van der Waals surface area contributed by atoms with E-state index < -0.39 is 0 Å². The standard InChI is InChI=1S/C20H31ClN6O/c1-2-22-20(25-12-5-11-24-19(28)15-6-3-7-15)26-16-9-13-27(14-16)18-17(21)8-4-10-23-18/h4,8,10,15-16H,2-3,5-7,9,11-14H2,1H3,(H,24,28)(H2,22,25,26). The van der Waals surface area contributed by atoms with E-state index in [0.717, 1.165) is 57.1 Å². The number of carbonyl (C=O) groups is 1. The molecule has 1 aromatic rings. The summed E-state index contributed by atoms with van der Waals surface area (Å²) in [6.07, 6.45) is 6.90. The van der Waals surface area contributed by atoms with Crippen LogP contribution in [0, 0.1) is 5.92 Å². The van der Waals surface area contributed by atoms with Crippen molar-refractivity contribution in [3.8, 4) is 0 Å². The number of hydrogen-bond acceptors (Lipinski definition) is 4. The van der Waals surface area contributed by atoms with Crippen LogP contribution >= 0.6 is 11.6 Å². The highest BCUT2D eigenvalue weighted by atomic mass is 35.5. The molecule has 1 saturated carbocycles. The summed E-state index contributed by atoms with van der Waals surface area (Å²) in [5.74, 6) is 2.13. The van der Waals surface area contributed by atoms with Crippen LogP contribution in [0.3, 0.4) is 0 Å². The van der Waals surface area contributed by atoms with Gasteiger partial charge in [0.1, 0.15) is 5.82 Å². The summed E-state index contributed by atoms with van der Waals surface area (Å²) in [6, 6.07) is 4.02. The van der Waals surface area contributed by atoms with Crippen LogP contribution in [0.5, 0.6) is 0 Å². The molecule has 0 bridgehead atoms. The predicted molar refractivity (Wildman–Crippen MR) is 114 cm³/mol. The minimum Gasteiger partial charge on any atom is -0.357 e. The number of halogens is 1. The fraction of sp³-hybridized carbons (Fsp3) is 0.650. The van der Waals surface area contributed by atoms with Crippen LogP contribution in [0.4, 0.5) is 5.82 Å². The molecule has 1 aliphatic carbocycles. The molecule has 2 aliphatic rings. The third kappa shape index (κ3) is 5.74. The van der Waals surface area contributed by atoms with Crippen molar-refractivity contribution in [3.05, 3.63) is 23.4 Å². The first kappa shape index (κ1) is 20.7. The molecule has 0 spiro atoms. The Bertz CT molecular complexity index is 678. The molecule has 1 amide bonds. The molecule has 2 fully saturated rings. The zero-order valence-electron chi connectivity index (χ0n) is 16.6. The minimum absolute atomic E-state index is 0.208. The van der Waals surface area contributed by atoms with Gasteiger partial charge in [0.05, 0.1) is 5.02 Å². The monoisotopic (exact) mass is 406 g/mol. The minimum atomic E-state index is 0.208. The molecule has 1 aromatic heterocycles. The molecule has 0 radical (unpaired) electrons. The van der Waals surface area contributed by atoms with Gasteiger partial charge in [-0.05, 0) is 44.7 Å². The Morgan fingerprint density at radius 2 is 2.21 bits per heavy atom. The van der Waals surface area contributed by atoms with Crippen LogP contribution < -0.4 is 20.9 Å². The summed E-state index contributed by atoms with van der Waals surface area (Å²) in [7, 11) is 0. The van der Waals surface area contributed by atoms with Gasteiger partial charge >= 0.3 is 0 Å². The van der Waals surface area contributed by atoms with Crippen LogP contribution in [0.25, 0.3) is 0 Å². The maximum atomic E-state index is 11.8. The molecule has 3 rings (SSSR count). The summed E-state index contributed by atoms with van der Waals surface area (Å²) in [5, 5.41) is 10.5. The van der Waals surface area contributed by atoms with Gasteiger partial charge in [0.25, 0.3) is 0 Å². The highest BCUT2D eigenvalue weighted by molar-refractivity contribution is 6.32. The number of pyridine rings is 1. The smallest absolute Gasteiger partial charge is 0.223 e. The summed E-state index contributed by atoms with van der Waals surface area (Å²) < 4.78 is 0. The molecule has 154 valence electrons. The average molecular weight is 407 g/mol. The third-order valence-corrected chi connectivity index (χ3v) is 5.59. The quantitative estimate of drug-likeness (QED) is 0.350. The molecule has 28 heavy (non-hydrogen) atoms. The Labute approximate surface area is 172 Å². The fourth-order valence-corrected chi connectivity index (χ4v) is 3.73. The molecule has 8 heteroatoms. The highest BCUT2D eigenvalue weighted by Crippen LogP contribution is 2.26. The van der Waals surface area contributed by atoms with Gasteiger partial charge in [-0.15, -0.1) is 0 Å². The van der Waals surface area contributed by atoms with Crippen LogP contribution in [0.15, 0.2) is 23.3 Å². The Morgan fingerprint density at radius 3 is 2.93 bits per heavy atom. The lowest BCUT2D eigenvalue weighted by Crippen LogP contribution is -2.44. The second-order valence-corrected chi connectivity index (χ2v) is 7.83. The van der Waals surface area contributed by atoms with E-state index in [-0.39, 0.29) is 11.8 Å². The van der Waals surface area contributed by atoms with E-state index >= 15 is 0 Å². The number of rotatable bonds is 8. The fourth-order valence-electron chi connectivity index (χ4n) is 3.49. The van der Waals surface area contributed by atoms with Gasteiger partial charge in [0, 0.05) is 50.9 Å². The van der Waals surface area contributed by atoms with Crippen LogP contribution in [-0.2, 0) is 4.79 Å². The average Bonchev–Trinajstić information content (AvgIpc) is 3.08. The topological polar surface area (TPSA) is 81.6 Å². The molecule has 7 nitrogen and oxygen atoms in total. The highest BCUT2D eigenvalue weighted by Gasteiger charge is 2.26. The van der Waals surface area contributed by atoms with Gasteiger partial charge in [-0.25, -0.2) is 4.98 Å². The normalized spacial score (nSPS) is 20.0. The van der Waals surface area contributed by atoms with Crippen molar-refractivity contribution in [1.82, 2.24) is 20.9 Å². The van der Waals surface area contributed by atoms with E-state index in [0.29, 0.717) is 24.2 Å². The summed E-state index contributed by atoms with van der Waals surface area (Å²) in [4.78, 5) is 23.1. The SMILES string of the molecule is CCNC(=NCCCNC(=O)C1CCC1)NC1CCN(c2ncccc2Cl)C1. The van der Waals surface area contributed by atoms with Crippen molar-refractivity contribution >= 4 is 29.3 Å². The lowest BCUT2D eigenvalue weighted by molar-refractivity contribution is -0.127. The zero-order chi connectivity index (χ0) is 19.8. The molecule has 2 heterocycles. The van der Waals surface area contributed by atoms with Crippen molar-refractivity contribution in [3.63, 3.8) is 0 Å². The first-order valence-corrected chi connectivity index (χ1v) is 10.7. The van der Waals surface area contributed by atoms with Crippen molar-refractivity contribution in [2.45, 2.75) is 45.1 Å². The second kappa shape index (κ2) is 10.5. The number of hydrogen-bond donors (Lipinski definition) is 3. The predicted octanol–water partition coefficient (Wildman–Crippen LogP) is 2.18. The number of carbonyl (C=O) groups excluding carboxylic acids is 1. The first-order chi connectivity index (χ1) is 13.7. The third-order valence-electron chi connectivity index (χ3n) is 5.29. The molecule has 1 unspecified atom stereocenters. The van der Waals surface area contributed by atoms with E-state index in [2.05, 4.69) is 37.8 Å². The molecule has 1 atom stereocenters. The number of aliphatic imine (C=N–C) groups is 1. The van der Waals surface area contributed by atoms with Gasteiger partial charge < -0.3 is 20.9 Å². The van der Waals surface area contributed by atoms with Gasteiger partial charge in [0.15, 0.2) is 5.96 Å². The van der Waals surface area contributed by atoms with Gasteiger partial charge in [-0.2, -0.15) is 0 Å². The molecular weight excluding hydrogens is 376 g/mol. The Kier molecular flexibility index (Phi) is 7.77. The first-order valence-electron chi connectivity index (χ1n) is 10.4. The zero-order valence-corrected chi connectivity index (χ0v) is 17.3. The van der Waals surface area contributed by atoms with Crippen LogP contribution in [-0.4, -0.2) is 55.6 Å². The van der Waals surface area contributed by atoms with E-state index in [1.54, 1.807) is 6.20 Å². The summed E-state index contributed by atoms with van der Waals surface area (Å²) in [6.45, 7) is 6.01. The number of guanidine groups is 1. The van der Waals surface area contributed by atoms with E-state index in [4.69, 9.17) is 11.6 Å². The Balaban J connectivity index is 1.41. The Morgan fingerprint density at radius 1 is 1.36 bits per heavy atom. The summed E-state index contributed by atoms with van der Waals surface area (Å²) >= 11 is 6.27. The van der Waals surface area contributed by atoms with Crippen molar-refractivity contribution in [1.29, 1.82) is 0 Å². The van der Waals surface area contributed by atoms with Crippen molar-refractivity contribution < 1.29 is 4.79 Å². The molecule has 0 aromatic carbocycles. The molecule has 3 N–H and O–H groups in total. The summed E-state index contributed by atoms with van der Waals surface area (Å²) in [5.41, 5.74) is 0. The number of amides is 1.